The Balaban J connectivity index is 2.15. The molecule has 0 fully saturated rings. The number of benzene rings is 1. The molecule has 0 saturated heterocycles. The zero-order valence-electron chi connectivity index (χ0n) is 8.58. The van der Waals surface area contributed by atoms with Crippen LogP contribution in [-0.4, -0.2) is 11.7 Å². The molecule has 0 saturated carbocycles. The van der Waals surface area contributed by atoms with Crippen LogP contribution in [0, 0.1) is 6.92 Å². The highest BCUT2D eigenvalue weighted by atomic mass is 16.3. The number of nitrogens with two attached hydrogens (primary N) is 1. The fraction of sp³-hybridized carbons (Fsp3) is 0.300. The van der Waals surface area contributed by atoms with Crippen LogP contribution in [0.5, 0.6) is 0 Å². The Morgan fingerprint density at radius 3 is 3.13 bits per heavy atom. The van der Waals surface area contributed by atoms with Crippen molar-refractivity contribution in [3.05, 3.63) is 29.7 Å². The molecule has 0 atom stereocenters. The molecule has 0 radical (unpaired) electrons. The van der Waals surface area contributed by atoms with E-state index in [9.17, 15) is 0 Å². The van der Waals surface area contributed by atoms with E-state index in [0.717, 1.165) is 23.2 Å². The number of fused-ring (bicyclic) bond motifs is 1. The van der Waals surface area contributed by atoms with E-state index in [1.54, 1.807) is 0 Å². The quantitative estimate of drug-likeness (QED) is 0.296. The molecule has 2 rings (SSSR count). The molecule has 5 heteroatoms. The fourth-order valence-electron chi connectivity index (χ4n) is 1.47. The first kappa shape index (κ1) is 10.1. The van der Waals surface area contributed by atoms with Crippen LogP contribution in [0.2, 0.25) is 0 Å². The minimum Gasteiger partial charge on any atom is -0.441 e. The molecule has 0 bridgehead atoms. The van der Waals surface area contributed by atoms with Gasteiger partial charge in [-0.1, -0.05) is 6.07 Å². The molecule has 0 unspecified atom stereocenters. The lowest BCUT2D eigenvalue weighted by Crippen LogP contribution is -2.33. The van der Waals surface area contributed by atoms with Crippen molar-refractivity contribution in [3.8, 4) is 0 Å². The van der Waals surface area contributed by atoms with Crippen LogP contribution in [0.15, 0.2) is 22.6 Å². The van der Waals surface area contributed by atoms with E-state index >= 15 is 0 Å². The summed E-state index contributed by atoms with van der Waals surface area (Å²) in [6.07, 6.45) is 0. The highest BCUT2D eigenvalue weighted by Crippen LogP contribution is 2.16. The maximum atomic E-state index is 5.44. The third-order valence-electron chi connectivity index (χ3n) is 2.12. The summed E-state index contributed by atoms with van der Waals surface area (Å²) in [5.41, 5.74) is 5.40. The van der Waals surface area contributed by atoms with Gasteiger partial charge in [-0.3, -0.25) is 11.2 Å². The molecule has 2 aromatic rings. The Kier molecular flexibility index (Phi) is 2.96. The molecule has 1 aromatic carbocycles. The Morgan fingerprint density at radius 1 is 1.47 bits per heavy atom. The van der Waals surface area contributed by atoms with Crippen LogP contribution in [0.3, 0.4) is 0 Å². The van der Waals surface area contributed by atoms with Crippen molar-refractivity contribution < 1.29 is 4.42 Å². The van der Waals surface area contributed by atoms with Gasteiger partial charge in [-0.15, -0.1) is 0 Å². The van der Waals surface area contributed by atoms with Gasteiger partial charge >= 0.3 is 0 Å². The van der Waals surface area contributed by atoms with E-state index in [1.807, 2.05) is 25.1 Å². The van der Waals surface area contributed by atoms with Gasteiger partial charge in [-0.05, 0) is 17.7 Å². The lowest BCUT2D eigenvalue weighted by molar-refractivity contribution is 0.559. The van der Waals surface area contributed by atoms with Crippen molar-refractivity contribution >= 4 is 11.1 Å². The first-order valence-corrected chi connectivity index (χ1v) is 4.80. The standard InChI is InChI=1S/C10H14N4O/c1-7-14-9-3-2-8(4-10(9)15-7)5-12-6-13-11/h2-4,12-13H,5-6,11H2,1H3. The fourth-order valence-corrected chi connectivity index (χ4v) is 1.47. The average Bonchev–Trinajstić information content (AvgIpc) is 2.57. The number of hydrazine groups is 1. The van der Waals surface area contributed by atoms with Gasteiger partial charge in [-0.25, -0.2) is 10.4 Å². The summed E-state index contributed by atoms with van der Waals surface area (Å²) in [4.78, 5) is 4.23. The average molecular weight is 206 g/mol. The molecule has 15 heavy (non-hydrogen) atoms. The monoisotopic (exact) mass is 206 g/mol. The molecule has 1 heterocycles. The lowest BCUT2D eigenvalue weighted by Gasteiger charge is -2.02. The van der Waals surface area contributed by atoms with Gasteiger partial charge < -0.3 is 4.42 Å². The number of aryl methyl sites for hydroxylation is 1. The number of oxazole rings is 1. The molecular weight excluding hydrogens is 192 g/mol. The van der Waals surface area contributed by atoms with Gasteiger partial charge in [0, 0.05) is 13.5 Å². The summed E-state index contributed by atoms with van der Waals surface area (Å²) in [5.74, 6) is 5.84. The largest absolute Gasteiger partial charge is 0.441 e. The van der Waals surface area contributed by atoms with Crippen molar-refractivity contribution in [1.82, 2.24) is 15.7 Å². The summed E-state index contributed by atoms with van der Waals surface area (Å²) in [5, 5.41) is 3.12. The SMILES string of the molecule is Cc1nc2ccc(CNCNN)cc2o1. The van der Waals surface area contributed by atoms with Crippen LogP contribution in [0.1, 0.15) is 11.5 Å². The molecule has 0 aliphatic carbocycles. The third-order valence-corrected chi connectivity index (χ3v) is 2.12. The van der Waals surface area contributed by atoms with Crippen LogP contribution in [-0.2, 0) is 6.54 Å². The van der Waals surface area contributed by atoms with Gasteiger partial charge in [0.05, 0.1) is 6.67 Å². The van der Waals surface area contributed by atoms with Crippen LogP contribution < -0.4 is 16.6 Å². The van der Waals surface area contributed by atoms with Crippen LogP contribution in [0.4, 0.5) is 0 Å². The van der Waals surface area contributed by atoms with E-state index < -0.39 is 0 Å². The van der Waals surface area contributed by atoms with Crippen molar-refractivity contribution in [2.24, 2.45) is 5.84 Å². The van der Waals surface area contributed by atoms with Crippen molar-refractivity contribution in [1.29, 1.82) is 0 Å². The van der Waals surface area contributed by atoms with Crippen molar-refractivity contribution in [2.45, 2.75) is 13.5 Å². The van der Waals surface area contributed by atoms with Gasteiger partial charge in [-0.2, -0.15) is 0 Å². The number of nitrogens with zero attached hydrogens (tertiary/aromatic N) is 1. The van der Waals surface area contributed by atoms with Crippen LogP contribution in [0.25, 0.3) is 11.1 Å². The van der Waals surface area contributed by atoms with E-state index in [0.29, 0.717) is 12.6 Å². The summed E-state index contributed by atoms with van der Waals surface area (Å²) in [7, 11) is 0. The number of nitrogens with one attached hydrogen (secondary N) is 2. The van der Waals surface area contributed by atoms with Gasteiger partial charge in [0.25, 0.3) is 0 Å². The Labute approximate surface area is 87.6 Å². The van der Waals surface area contributed by atoms with Crippen molar-refractivity contribution in [3.63, 3.8) is 0 Å². The third kappa shape index (κ3) is 2.33. The molecule has 0 spiro atoms. The Morgan fingerprint density at radius 2 is 2.33 bits per heavy atom. The lowest BCUT2D eigenvalue weighted by atomic mass is 10.2. The minimum absolute atomic E-state index is 0.577. The van der Waals surface area contributed by atoms with Gasteiger partial charge in [0.1, 0.15) is 5.52 Å². The molecular formula is C10H14N4O. The zero-order valence-corrected chi connectivity index (χ0v) is 8.58. The summed E-state index contributed by atoms with van der Waals surface area (Å²) >= 11 is 0. The molecule has 5 nitrogen and oxygen atoms in total. The first-order chi connectivity index (χ1) is 7.29. The van der Waals surface area contributed by atoms with Crippen molar-refractivity contribution in [2.75, 3.05) is 6.67 Å². The van der Waals surface area contributed by atoms with Gasteiger partial charge in [0.2, 0.25) is 0 Å². The van der Waals surface area contributed by atoms with E-state index in [-0.39, 0.29) is 0 Å². The predicted octanol–water partition coefficient (Wildman–Crippen LogP) is 0.647. The number of rotatable bonds is 4. The second-order valence-electron chi connectivity index (χ2n) is 3.34. The molecule has 80 valence electrons. The Bertz CT molecular complexity index is 452. The smallest absolute Gasteiger partial charge is 0.192 e. The number of hydrogen-bond acceptors (Lipinski definition) is 5. The Hall–Kier alpha value is -1.43. The van der Waals surface area contributed by atoms with E-state index in [4.69, 9.17) is 10.3 Å². The molecule has 0 aliphatic rings. The minimum atomic E-state index is 0.577. The highest BCUT2D eigenvalue weighted by Gasteiger charge is 2.02. The van der Waals surface area contributed by atoms with E-state index in [2.05, 4.69) is 15.7 Å². The molecule has 0 aliphatic heterocycles. The second kappa shape index (κ2) is 4.39. The molecule has 4 N–H and O–H groups in total. The normalized spacial score (nSPS) is 11.1. The summed E-state index contributed by atoms with van der Waals surface area (Å²) in [6.45, 7) is 3.17. The maximum Gasteiger partial charge on any atom is 0.192 e. The second-order valence-corrected chi connectivity index (χ2v) is 3.34. The predicted molar refractivity (Wildman–Crippen MR) is 57.8 cm³/mol. The van der Waals surface area contributed by atoms with Crippen LogP contribution >= 0.6 is 0 Å². The topological polar surface area (TPSA) is 76.1 Å². The van der Waals surface area contributed by atoms with Gasteiger partial charge in [0.15, 0.2) is 11.5 Å². The number of aromatic nitrogens is 1. The number of hydrogen-bond donors (Lipinski definition) is 3. The maximum absolute atomic E-state index is 5.44. The summed E-state index contributed by atoms with van der Waals surface area (Å²) < 4.78 is 5.44. The molecule has 0 amide bonds. The highest BCUT2D eigenvalue weighted by molar-refractivity contribution is 5.73. The summed E-state index contributed by atoms with van der Waals surface area (Å²) in [6, 6.07) is 5.96. The molecule has 1 aromatic heterocycles. The zero-order chi connectivity index (χ0) is 10.7. The first-order valence-electron chi connectivity index (χ1n) is 4.80. The van der Waals surface area contributed by atoms with E-state index in [1.165, 1.54) is 0 Å².